The second kappa shape index (κ2) is 3.72. The van der Waals surface area contributed by atoms with Crippen LogP contribution in [0.4, 0.5) is 8.78 Å². The van der Waals surface area contributed by atoms with E-state index in [1.165, 1.54) is 13.8 Å². The third-order valence-corrected chi connectivity index (χ3v) is 1.35. The first-order valence-corrected chi connectivity index (χ1v) is 3.95. The van der Waals surface area contributed by atoms with Crippen molar-refractivity contribution in [3.8, 4) is 11.8 Å². The van der Waals surface area contributed by atoms with Crippen LogP contribution in [-0.2, 0) is 0 Å². The van der Waals surface area contributed by atoms with E-state index in [1.54, 1.807) is 0 Å². The fraction of sp³-hybridized carbons (Fsp3) is 0.300. The SMILES string of the molecule is CC(C)(O)C#Cc1c(F)cncc1F. The molecule has 1 rings (SSSR count). The summed E-state index contributed by atoms with van der Waals surface area (Å²) in [5.41, 5.74) is -1.65. The highest BCUT2D eigenvalue weighted by molar-refractivity contribution is 5.36. The van der Waals surface area contributed by atoms with E-state index in [4.69, 9.17) is 0 Å². The molecular weight excluding hydrogens is 188 g/mol. The molecule has 1 aromatic rings. The van der Waals surface area contributed by atoms with E-state index in [0.717, 1.165) is 12.4 Å². The van der Waals surface area contributed by atoms with Crippen LogP contribution in [0.2, 0.25) is 0 Å². The number of halogens is 2. The lowest BCUT2D eigenvalue weighted by atomic mass is 10.1. The third-order valence-electron chi connectivity index (χ3n) is 1.35. The lowest BCUT2D eigenvalue weighted by molar-refractivity contribution is 0.143. The van der Waals surface area contributed by atoms with Crippen LogP contribution >= 0.6 is 0 Å². The van der Waals surface area contributed by atoms with Crippen LogP contribution in [0.3, 0.4) is 0 Å². The molecule has 0 unspecified atom stereocenters. The quantitative estimate of drug-likeness (QED) is 0.639. The maximum Gasteiger partial charge on any atom is 0.160 e. The molecule has 0 radical (unpaired) electrons. The third kappa shape index (κ3) is 2.79. The Balaban J connectivity index is 3.13. The standard InChI is InChI=1S/C10H9F2NO/c1-10(2,14)4-3-7-8(11)5-13-6-9(7)12/h5-6,14H,1-2H3. The number of aromatic nitrogens is 1. The summed E-state index contributed by atoms with van der Waals surface area (Å²) in [5, 5.41) is 9.23. The number of hydrogen-bond donors (Lipinski definition) is 1. The van der Waals surface area contributed by atoms with Crippen molar-refractivity contribution in [3.05, 3.63) is 29.6 Å². The van der Waals surface area contributed by atoms with Gasteiger partial charge in [-0.2, -0.15) is 0 Å². The minimum absolute atomic E-state index is 0.373. The zero-order valence-electron chi connectivity index (χ0n) is 7.81. The van der Waals surface area contributed by atoms with Gasteiger partial charge >= 0.3 is 0 Å². The summed E-state index contributed by atoms with van der Waals surface area (Å²) in [6, 6.07) is 0. The Morgan fingerprint density at radius 3 is 2.21 bits per heavy atom. The van der Waals surface area contributed by atoms with Gasteiger partial charge in [0.1, 0.15) is 5.60 Å². The fourth-order valence-electron chi connectivity index (χ4n) is 0.746. The number of aliphatic hydroxyl groups is 1. The molecule has 0 amide bonds. The Kier molecular flexibility index (Phi) is 2.82. The van der Waals surface area contributed by atoms with Crippen molar-refractivity contribution >= 4 is 0 Å². The van der Waals surface area contributed by atoms with E-state index >= 15 is 0 Å². The van der Waals surface area contributed by atoms with Crippen molar-refractivity contribution in [3.63, 3.8) is 0 Å². The predicted octanol–water partition coefficient (Wildman–Crippen LogP) is 1.48. The van der Waals surface area contributed by atoms with Crippen molar-refractivity contribution in [1.29, 1.82) is 0 Å². The molecular formula is C10H9F2NO. The number of hydrogen-bond acceptors (Lipinski definition) is 2. The predicted molar refractivity (Wildman–Crippen MR) is 47.3 cm³/mol. The molecule has 0 aliphatic rings. The molecule has 1 heterocycles. The smallest absolute Gasteiger partial charge is 0.160 e. The summed E-state index contributed by atoms with van der Waals surface area (Å²) in [4.78, 5) is 3.31. The zero-order chi connectivity index (χ0) is 10.8. The van der Waals surface area contributed by atoms with Gasteiger partial charge in [-0.25, -0.2) is 8.78 Å². The lowest BCUT2D eigenvalue weighted by Crippen LogP contribution is -2.14. The highest BCUT2D eigenvalue weighted by atomic mass is 19.1. The highest BCUT2D eigenvalue weighted by Crippen LogP contribution is 2.09. The maximum absolute atomic E-state index is 12.9. The van der Waals surface area contributed by atoms with Crippen LogP contribution in [0.25, 0.3) is 0 Å². The Morgan fingerprint density at radius 2 is 1.79 bits per heavy atom. The van der Waals surface area contributed by atoms with Gasteiger partial charge in [-0.1, -0.05) is 11.8 Å². The summed E-state index contributed by atoms with van der Waals surface area (Å²) >= 11 is 0. The average Bonchev–Trinajstić information content (AvgIpc) is 2.01. The molecule has 0 aliphatic carbocycles. The first kappa shape index (κ1) is 10.6. The van der Waals surface area contributed by atoms with Crippen LogP contribution in [0.15, 0.2) is 12.4 Å². The summed E-state index contributed by atoms with van der Waals surface area (Å²) < 4.78 is 25.9. The van der Waals surface area contributed by atoms with Gasteiger partial charge in [0.05, 0.1) is 18.0 Å². The molecule has 0 spiro atoms. The number of nitrogens with zero attached hydrogens (tertiary/aromatic N) is 1. The van der Waals surface area contributed by atoms with Crippen molar-refractivity contribution < 1.29 is 13.9 Å². The fourth-order valence-corrected chi connectivity index (χ4v) is 0.746. The topological polar surface area (TPSA) is 33.1 Å². The van der Waals surface area contributed by atoms with Gasteiger partial charge in [0.15, 0.2) is 11.6 Å². The molecule has 0 bridgehead atoms. The molecule has 0 saturated carbocycles. The Morgan fingerprint density at radius 1 is 1.29 bits per heavy atom. The van der Waals surface area contributed by atoms with Crippen LogP contribution in [0.1, 0.15) is 19.4 Å². The Hall–Kier alpha value is -1.47. The van der Waals surface area contributed by atoms with Crippen molar-refractivity contribution in [1.82, 2.24) is 4.98 Å². The van der Waals surface area contributed by atoms with Gasteiger partial charge in [-0.3, -0.25) is 4.98 Å². The molecule has 0 fully saturated rings. The van der Waals surface area contributed by atoms with Gasteiger partial charge in [-0.15, -0.1) is 0 Å². The van der Waals surface area contributed by atoms with E-state index in [1.807, 2.05) is 0 Å². The summed E-state index contributed by atoms with van der Waals surface area (Å²) in [6.45, 7) is 2.86. The molecule has 0 aromatic carbocycles. The van der Waals surface area contributed by atoms with Crippen LogP contribution < -0.4 is 0 Å². The Labute approximate surface area is 80.6 Å². The second-order valence-electron chi connectivity index (χ2n) is 3.29. The van der Waals surface area contributed by atoms with E-state index in [0.29, 0.717) is 0 Å². The van der Waals surface area contributed by atoms with Gasteiger partial charge in [0.2, 0.25) is 0 Å². The molecule has 0 saturated heterocycles. The normalized spacial score (nSPS) is 10.6. The number of rotatable bonds is 0. The van der Waals surface area contributed by atoms with Crippen LogP contribution in [0, 0.1) is 23.5 Å². The largest absolute Gasteiger partial charge is 0.378 e. The van der Waals surface area contributed by atoms with Crippen molar-refractivity contribution in [2.24, 2.45) is 0 Å². The first-order valence-electron chi connectivity index (χ1n) is 3.95. The van der Waals surface area contributed by atoms with Crippen LogP contribution in [0.5, 0.6) is 0 Å². The van der Waals surface area contributed by atoms with Gasteiger partial charge < -0.3 is 5.11 Å². The molecule has 1 aromatic heterocycles. The highest BCUT2D eigenvalue weighted by Gasteiger charge is 2.09. The maximum atomic E-state index is 12.9. The van der Waals surface area contributed by atoms with E-state index in [2.05, 4.69) is 16.8 Å². The lowest BCUT2D eigenvalue weighted by Gasteiger charge is -2.06. The molecule has 0 aliphatic heterocycles. The molecule has 4 heteroatoms. The molecule has 0 atom stereocenters. The average molecular weight is 197 g/mol. The van der Waals surface area contributed by atoms with Crippen molar-refractivity contribution in [2.45, 2.75) is 19.4 Å². The van der Waals surface area contributed by atoms with Gasteiger partial charge in [0, 0.05) is 0 Å². The molecule has 1 N–H and O–H groups in total. The van der Waals surface area contributed by atoms with Crippen LogP contribution in [-0.4, -0.2) is 15.7 Å². The van der Waals surface area contributed by atoms with E-state index in [9.17, 15) is 13.9 Å². The van der Waals surface area contributed by atoms with Gasteiger partial charge in [0.25, 0.3) is 0 Å². The Bertz CT molecular complexity index is 379. The zero-order valence-corrected chi connectivity index (χ0v) is 7.81. The van der Waals surface area contributed by atoms with E-state index < -0.39 is 17.2 Å². The summed E-state index contributed by atoms with van der Waals surface area (Å²) in [5.74, 6) is 2.89. The minimum Gasteiger partial charge on any atom is -0.378 e. The first-order chi connectivity index (χ1) is 6.40. The molecule has 74 valence electrons. The minimum atomic E-state index is -1.28. The van der Waals surface area contributed by atoms with E-state index in [-0.39, 0.29) is 5.56 Å². The number of pyridine rings is 1. The monoisotopic (exact) mass is 197 g/mol. The summed E-state index contributed by atoms with van der Waals surface area (Å²) in [6.07, 6.45) is 1.74. The van der Waals surface area contributed by atoms with Gasteiger partial charge in [-0.05, 0) is 13.8 Å². The summed E-state index contributed by atoms with van der Waals surface area (Å²) in [7, 11) is 0. The molecule has 2 nitrogen and oxygen atoms in total. The molecule has 14 heavy (non-hydrogen) atoms. The second-order valence-corrected chi connectivity index (χ2v) is 3.29. The van der Waals surface area contributed by atoms with Crippen molar-refractivity contribution in [2.75, 3.05) is 0 Å².